The number of hydrogen-bond donors (Lipinski definition) is 0. The molecule has 2 nitrogen and oxygen atoms in total. The Hall–Kier alpha value is 0.717. The number of halogens is 2. The molecule has 0 rings (SSSR count). The molecule has 152 valence electrons. The molecule has 0 bridgehead atoms. The van der Waals surface area contributed by atoms with Gasteiger partial charge in [-0.1, -0.05) is 126 Å². The molecule has 0 aliphatic carbocycles. The Labute approximate surface area is 168 Å². The SMILES string of the molecule is CCCCCCCCCCO[Si](Cl)(Cl)OCCCCCCCCCC. The van der Waals surface area contributed by atoms with Crippen molar-refractivity contribution in [2.45, 2.75) is 117 Å². The van der Waals surface area contributed by atoms with Crippen molar-refractivity contribution in [2.75, 3.05) is 13.2 Å². The molecule has 0 saturated carbocycles. The van der Waals surface area contributed by atoms with Gasteiger partial charge in [-0.05, 0) is 12.8 Å². The Morgan fingerprint density at radius 3 is 1.08 bits per heavy atom. The van der Waals surface area contributed by atoms with Gasteiger partial charge in [0.05, 0.1) is 0 Å². The number of hydrogen-bond acceptors (Lipinski definition) is 2. The summed E-state index contributed by atoms with van der Waals surface area (Å²) in [6.45, 7) is 5.77. The molecule has 0 aliphatic rings. The molecule has 5 heteroatoms. The molecular formula is C20H42Cl2O2Si. The molecule has 0 spiro atoms. The molecule has 0 unspecified atom stereocenters. The zero-order valence-electron chi connectivity index (χ0n) is 16.8. The maximum atomic E-state index is 6.19. The van der Waals surface area contributed by atoms with E-state index < -0.39 is 7.18 Å². The summed E-state index contributed by atoms with van der Waals surface area (Å²) in [5.41, 5.74) is 0. The Morgan fingerprint density at radius 2 is 0.760 bits per heavy atom. The van der Waals surface area contributed by atoms with Gasteiger partial charge in [-0.2, -0.15) is 0 Å². The largest absolute Gasteiger partial charge is 0.551 e. The van der Waals surface area contributed by atoms with Crippen LogP contribution in [0.25, 0.3) is 0 Å². The van der Waals surface area contributed by atoms with Crippen LogP contribution in [0.4, 0.5) is 0 Å². The van der Waals surface area contributed by atoms with E-state index in [-0.39, 0.29) is 0 Å². The number of rotatable bonds is 20. The second kappa shape index (κ2) is 19.5. The van der Waals surface area contributed by atoms with E-state index in [2.05, 4.69) is 13.8 Å². The minimum atomic E-state index is -2.93. The van der Waals surface area contributed by atoms with E-state index in [4.69, 9.17) is 31.0 Å². The smallest absolute Gasteiger partial charge is 0.372 e. The van der Waals surface area contributed by atoms with Crippen LogP contribution in [0.3, 0.4) is 0 Å². The average molecular weight is 414 g/mol. The van der Waals surface area contributed by atoms with Crippen LogP contribution in [0, 0.1) is 0 Å². The summed E-state index contributed by atoms with van der Waals surface area (Å²) in [7, 11) is -2.93. The molecule has 0 aromatic heterocycles. The predicted octanol–water partition coefficient (Wildman–Crippen LogP) is 8.21. The van der Waals surface area contributed by atoms with E-state index in [0.29, 0.717) is 13.2 Å². The fourth-order valence-corrected chi connectivity index (χ4v) is 4.67. The Kier molecular flexibility index (Phi) is 20.0. The maximum absolute atomic E-state index is 6.19. The van der Waals surface area contributed by atoms with E-state index in [1.807, 2.05) is 0 Å². The van der Waals surface area contributed by atoms with Crippen LogP contribution in [0.1, 0.15) is 117 Å². The van der Waals surface area contributed by atoms with Crippen LogP contribution in [0.15, 0.2) is 0 Å². The van der Waals surface area contributed by atoms with Gasteiger partial charge in [0.1, 0.15) is 0 Å². The summed E-state index contributed by atoms with van der Waals surface area (Å²) >= 11 is 12.4. The van der Waals surface area contributed by atoms with Gasteiger partial charge in [0, 0.05) is 13.2 Å². The third kappa shape index (κ3) is 20.9. The van der Waals surface area contributed by atoms with Crippen molar-refractivity contribution in [3.05, 3.63) is 0 Å². The highest BCUT2D eigenvalue weighted by Gasteiger charge is 2.33. The van der Waals surface area contributed by atoms with Gasteiger partial charge >= 0.3 is 7.18 Å². The molecule has 0 fully saturated rings. The lowest BCUT2D eigenvalue weighted by molar-refractivity contribution is 0.196. The summed E-state index contributed by atoms with van der Waals surface area (Å²) in [6, 6.07) is 0. The zero-order valence-corrected chi connectivity index (χ0v) is 19.3. The normalized spacial score (nSPS) is 12.0. The van der Waals surface area contributed by atoms with E-state index in [1.54, 1.807) is 0 Å². The van der Waals surface area contributed by atoms with Crippen LogP contribution >= 0.6 is 22.2 Å². The fourth-order valence-electron chi connectivity index (χ4n) is 2.90. The lowest BCUT2D eigenvalue weighted by atomic mass is 10.1. The van der Waals surface area contributed by atoms with Crippen LogP contribution in [0.5, 0.6) is 0 Å². The van der Waals surface area contributed by atoms with Crippen molar-refractivity contribution < 1.29 is 8.85 Å². The van der Waals surface area contributed by atoms with Gasteiger partial charge < -0.3 is 8.85 Å². The monoisotopic (exact) mass is 412 g/mol. The summed E-state index contributed by atoms with van der Waals surface area (Å²) in [4.78, 5) is 0. The molecule has 0 aliphatic heterocycles. The highest BCUT2D eigenvalue weighted by molar-refractivity contribution is 7.39. The molecule has 0 radical (unpaired) electrons. The molecule has 0 aromatic carbocycles. The minimum Gasteiger partial charge on any atom is -0.372 e. The first-order valence-corrected chi connectivity index (χ1v) is 14.6. The molecule has 0 aromatic rings. The third-order valence-corrected chi connectivity index (χ3v) is 6.93. The van der Waals surface area contributed by atoms with E-state index in [1.165, 1.54) is 89.9 Å². The Balaban J connectivity index is 3.32. The second-order valence-corrected chi connectivity index (χ2v) is 12.2. The highest BCUT2D eigenvalue weighted by atomic mass is 35.7. The van der Waals surface area contributed by atoms with Crippen molar-refractivity contribution >= 4 is 29.3 Å². The summed E-state index contributed by atoms with van der Waals surface area (Å²) in [5.74, 6) is 0. The molecule has 0 N–H and O–H groups in total. The molecule has 25 heavy (non-hydrogen) atoms. The van der Waals surface area contributed by atoms with Gasteiger partial charge in [0.2, 0.25) is 0 Å². The third-order valence-electron chi connectivity index (χ3n) is 4.54. The van der Waals surface area contributed by atoms with Crippen LogP contribution < -0.4 is 0 Å². The predicted molar refractivity (Wildman–Crippen MR) is 115 cm³/mol. The molecule has 0 heterocycles. The van der Waals surface area contributed by atoms with Gasteiger partial charge in [0.15, 0.2) is 0 Å². The highest BCUT2D eigenvalue weighted by Crippen LogP contribution is 2.20. The summed E-state index contributed by atoms with van der Waals surface area (Å²) in [5, 5.41) is 0. The lowest BCUT2D eigenvalue weighted by Gasteiger charge is -2.17. The molecule has 0 amide bonds. The summed E-state index contributed by atoms with van der Waals surface area (Å²) in [6.07, 6.45) is 20.5. The first-order chi connectivity index (χ1) is 12.1. The lowest BCUT2D eigenvalue weighted by Crippen LogP contribution is -2.30. The minimum absolute atomic E-state index is 0.631. The van der Waals surface area contributed by atoms with Crippen molar-refractivity contribution in [3.8, 4) is 0 Å². The first-order valence-electron chi connectivity index (χ1n) is 10.8. The van der Waals surface area contributed by atoms with E-state index in [9.17, 15) is 0 Å². The van der Waals surface area contributed by atoms with Crippen LogP contribution in [-0.2, 0) is 8.85 Å². The quantitative estimate of drug-likeness (QED) is 0.114. The fraction of sp³-hybridized carbons (Fsp3) is 1.00. The maximum Gasteiger partial charge on any atom is 0.551 e. The first kappa shape index (κ1) is 25.7. The van der Waals surface area contributed by atoms with Gasteiger partial charge in [-0.25, -0.2) is 0 Å². The van der Waals surface area contributed by atoms with Crippen molar-refractivity contribution in [2.24, 2.45) is 0 Å². The van der Waals surface area contributed by atoms with Gasteiger partial charge in [0.25, 0.3) is 0 Å². The van der Waals surface area contributed by atoms with Crippen LogP contribution in [0.2, 0.25) is 0 Å². The van der Waals surface area contributed by atoms with Crippen LogP contribution in [-0.4, -0.2) is 20.4 Å². The molecule has 0 atom stereocenters. The van der Waals surface area contributed by atoms with E-state index >= 15 is 0 Å². The van der Waals surface area contributed by atoms with Gasteiger partial charge in [-0.3, -0.25) is 0 Å². The average Bonchev–Trinajstić information content (AvgIpc) is 2.59. The van der Waals surface area contributed by atoms with Crippen molar-refractivity contribution in [1.29, 1.82) is 0 Å². The zero-order chi connectivity index (χ0) is 18.6. The van der Waals surface area contributed by atoms with Gasteiger partial charge in [-0.15, -0.1) is 0 Å². The number of unbranched alkanes of at least 4 members (excludes halogenated alkanes) is 14. The van der Waals surface area contributed by atoms with Crippen molar-refractivity contribution in [3.63, 3.8) is 0 Å². The second-order valence-electron chi connectivity index (χ2n) is 7.11. The molecular weight excluding hydrogens is 371 g/mol. The summed E-state index contributed by atoms with van der Waals surface area (Å²) < 4.78 is 11.2. The topological polar surface area (TPSA) is 18.5 Å². The standard InChI is InChI=1S/C20H42Cl2O2Si/c1-3-5-7-9-11-13-15-17-19-23-25(21,22)24-20-18-16-14-12-10-8-6-4-2/h3-20H2,1-2H3. The van der Waals surface area contributed by atoms with Crippen molar-refractivity contribution in [1.82, 2.24) is 0 Å². The Bertz CT molecular complexity index is 242. The molecule has 0 saturated heterocycles. The Morgan fingerprint density at radius 1 is 0.480 bits per heavy atom. The van der Waals surface area contributed by atoms with E-state index in [0.717, 1.165) is 12.8 Å².